The molecule has 0 fully saturated rings. The van der Waals surface area contributed by atoms with Gasteiger partial charge in [-0.2, -0.15) is 0 Å². The van der Waals surface area contributed by atoms with Crippen LogP contribution in [0.25, 0.3) is 11.4 Å². The van der Waals surface area contributed by atoms with Gasteiger partial charge in [0, 0.05) is 18.8 Å². The normalized spacial score (nSPS) is 10.1. The molecule has 22 heavy (non-hydrogen) atoms. The predicted octanol–water partition coefficient (Wildman–Crippen LogP) is 1.49. The van der Waals surface area contributed by atoms with Gasteiger partial charge in [0.15, 0.2) is 17.3 Å². The number of hydrogen-bond acceptors (Lipinski definition) is 6. The Morgan fingerprint density at radius 3 is 2.73 bits per heavy atom. The second kappa shape index (κ2) is 6.75. The minimum atomic E-state index is -0.325. The lowest BCUT2D eigenvalue weighted by atomic mass is 10.1. The van der Waals surface area contributed by atoms with Gasteiger partial charge in [0.1, 0.15) is 5.82 Å². The van der Waals surface area contributed by atoms with Crippen LogP contribution in [0, 0.1) is 0 Å². The fraction of sp³-hybridized carbons (Fsp3) is 0.267. The number of benzene rings is 1. The molecule has 3 N–H and O–H groups in total. The van der Waals surface area contributed by atoms with Crippen LogP contribution >= 0.6 is 0 Å². The van der Waals surface area contributed by atoms with Gasteiger partial charge in [0.05, 0.1) is 19.3 Å². The zero-order valence-electron chi connectivity index (χ0n) is 12.7. The average Bonchev–Trinajstić information content (AvgIpc) is 2.54. The molecular formula is C15H18N4O3. The molecule has 2 aromatic rings. The molecule has 0 unspecified atom stereocenters. The molecule has 2 rings (SSSR count). The summed E-state index contributed by atoms with van der Waals surface area (Å²) in [7, 11) is 3.09. The van der Waals surface area contributed by atoms with Crippen LogP contribution in [0.15, 0.2) is 24.4 Å². The van der Waals surface area contributed by atoms with E-state index < -0.39 is 0 Å². The molecule has 1 aromatic carbocycles. The van der Waals surface area contributed by atoms with Crippen molar-refractivity contribution in [1.82, 2.24) is 15.3 Å². The van der Waals surface area contributed by atoms with Crippen molar-refractivity contribution in [3.63, 3.8) is 0 Å². The maximum Gasteiger partial charge on any atom is 0.256 e. The van der Waals surface area contributed by atoms with Gasteiger partial charge >= 0.3 is 0 Å². The van der Waals surface area contributed by atoms with Crippen molar-refractivity contribution in [3.05, 3.63) is 30.0 Å². The molecule has 7 heteroatoms. The van der Waals surface area contributed by atoms with E-state index in [1.807, 2.05) is 6.92 Å². The van der Waals surface area contributed by atoms with Gasteiger partial charge in [0.25, 0.3) is 5.91 Å². The molecule has 0 radical (unpaired) electrons. The zero-order chi connectivity index (χ0) is 16.1. The molecule has 0 aliphatic rings. The number of hydrogen-bond donors (Lipinski definition) is 2. The first kappa shape index (κ1) is 15.6. The highest BCUT2D eigenvalue weighted by Gasteiger charge is 2.13. The second-order valence-corrected chi connectivity index (χ2v) is 4.37. The third-order valence-corrected chi connectivity index (χ3v) is 3.01. The van der Waals surface area contributed by atoms with E-state index in [0.29, 0.717) is 23.9 Å². The summed E-state index contributed by atoms with van der Waals surface area (Å²) in [6.45, 7) is 2.40. The van der Waals surface area contributed by atoms with Crippen molar-refractivity contribution < 1.29 is 14.3 Å². The fourth-order valence-corrected chi connectivity index (χ4v) is 1.93. The van der Waals surface area contributed by atoms with Gasteiger partial charge in [0.2, 0.25) is 0 Å². The number of ether oxygens (including phenoxy) is 2. The first-order chi connectivity index (χ1) is 10.6. The molecule has 1 aromatic heterocycles. The van der Waals surface area contributed by atoms with Gasteiger partial charge in [-0.3, -0.25) is 4.79 Å². The van der Waals surface area contributed by atoms with Crippen LogP contribution in [-0.2, 0) is 0 Å². The molecule has 1 amide bonds. The fourth-order valence-electron chi connectivity index (χ4n) is 1.93. The van der Waals surface area contributed by atoms with E-state index in [1.54, 1.807) is 25.3 Å². The third kappa shape index (κ3) is 3.08. The predicted molar refractivity (Wildman–Crippen MR) is 83.0 cm³/mol. The number of carbonyl (C=O) groups excluding carboxylic acids is 1. The van der Waals surface area contributed by atoms with E-state index in [4.69, 9.17) is 15.2 Å². The molecular weight excluding hydrogens is 284 g/mol. The van der Waals surface area contributed by atoms with Crippen molar-refractivity contribution >= 4 is 11.7 Å². The SMILES string of the molecule is CCOc1cc(-c2ncc(C(=O)NC)c(N)n2)ccc1OC. The van der Waals surface area contributed by atoms with E-state index in [9.17, 15) is 4.79 Å². The molecule has 0 spiro atoms. The third-order valence-electron chi connectivity index (χ3n) is 3.01. The van der Waals surface area contributed by atoms with Crippen molar-refractivity contribution in [3.8, 4) is 22.9 Å². The monoisotopic (exact) mass is 302 g/mol. The maximum atomic E-state index is 11.6. The first-order valence-corrected chi connectivity index (χ1v) is 6.76. The van der Waals surface area contributed by atoms with Crippen molar-refractivity contribution in [2.24, 2.45) is 0 Å². The van der Waals surface area contributed by atoms with E-state index >= 15 is 0 Å². The lowest BCUT2D eigenvalue weighted by Crippen LogP contribution is -2.20. The molecule has 0 saturated carbocycles. The number of aromatic nitrogens is 2. The summed E-state index contributed by atoms with van der Waals surface area (Å²) in [5, 5.41) is 2.49. The molecule has 0 aliphatic carbocycles. The standard InChI is InChI=1S/C15H18N4O3/c1-4-22-12-7-9(5-6-11(12)21-3)14-18-8-10(13(16)19-14)15(20)17-2/h5-8H,4H2,1-3H3,(H,17,20)(H2,16,18,19). The highest BCUT2D eigenvalue weighted by molar-refractivity contribution is 5.98. The molecule has 0 saturated heterocycles. The number of rotatable bonds is 5. The van der Waals surface area contributed by atoms with Crippen LogP contribution in [0.4, 0.5) is 5.82 Å². The number of carbonyl (C=O) groups is 1. The maximum absolute atomic E-state index is 11.6. The number of amides is 1. The Morgan fingerprint density at radius 1 is 1.36 bits per heavy atom. The number of nitrogens with zero attached hydrogens (tertiary/aromatic N) is 2. The summed E-state index contributed by atoms with van der Waals surface area (Å²) in [6.07, 6.45) is 1.40. The van der Waals surface area contributed by atoms with Crippen LogP contribution in [-0.4, -0.2) is 36.6 Å². The van der Waals surface area contributed by atoms with Crippen molar-refractivity contribution in [2.45, 2.75) is 6.92 Å². The van der Waals surface area contributed by atoms with E-state index in [1.165, 1.54) is 13.2 Å². The molecule has 7 nitrogen and oxygen atoms in total. The molecule has 0 aliphatic heterocycles. The molecule has 1 heterocycles. The van der Waals surface area contributed by atoms with Gasteiger partial charge in [-0.25, -0.2) is 9.97 Å². The summed E-state index contributed by atoms with van der Waals surface area (Å²) >= 11 is 0. The average molecular weight is 302 g/mol. The van der Waals surface area contributed by atoms with Gasteiger partial charge in [-0.15, -0.1) is 0 Å². The summed E-state index contributed by atoms with van der Waals surface area (Å²) in [6, 6.07) is 5.35. The summed E-state index contributed by atoms with van der Waals surface area (Å²) in [4.78, 5) is 20.0. The Hall–Kier alpha value is -2.83. The minimum Gasteiger partial charge on any atom is -0.493 e. The first-order valence-electron chi connectivity index (χ1n) is 6.76. The topological polar surface area (TPSA) is 99.4 Å². The minimum absolute atomic E-state index is 0.123. The Morgan fingerprint density at radius 2 is 2.14 bits per heavy atom. The summed E-state index contributed by atoms with van der Waals surface area (Å²) in [5.41, 5.74) is 6.78. The second-order valence-electron chi connectivity index (χ2n) is 4.37. The molecule has 0 atom stereocenters. The highest BCUT2D eigenvalue weighted by atomic mass is 16.5. The number of nitrogens with one attached hydrogen (secondary N) is 1. The van der Waals surface area contributed by atoms with Crippen LogP contribution < -0.4 is 20.5 Å². The lowest BCUT2D eigenvalue weighted by molar-refractivity contribution is 0.0963. The largest absolute Gasteiger partial charge is 0.493 e. The Balaban J connectivity index is 2.41. The molecule has 0 bridgehead atoms. The van der Waals surface area contributed by atoms with Gasteiger partial charge in [-0.05, 0) is 25.1 Å². The summed E-state index contributed by atoms with van der Waals surface area (Å²) in [5.74, 6) is 1.43. The summed E-state index contributed by atoms with van der Waals surface area (Å²) < 4.78 is 10.8. The van der Waals surface area contributed by atoms with Crippen LogP contribution in [0.3, 0.4) is 0 Å². The van der Waals surface area contributed by atoms with E-state index in [-0.39, 0.29) is 17.3 Å². The van der Waals surface area contributed by atoms with Crippen LogP contribution in [0.2, 0.25) is 0 Å². The number of nitrogen functional groups attached to an aromatic ring is 1. The number of methoxy groups -OCH3 is 1. The smallest absolute Gasteiger partial charge is 0.256 e. The van der Waals surface area contributed by atoms with Crippen molar-refractivity contribution in [1.29, 1.82) is 0 Å². The Kier molecular flexibility index (Phi) is 4.77. The highest BCUT2D eigenvalue weighted by Crippen LogP contribution is 2.31. The lowest BCUT2D eigenvalue weighted by Gasteiger charge is -2.11. The van der Waals surface area contributed by atoms with Crippen LogP contribution in [0.5, 0.6) is 11.5 Å². The Labute approximate surface area is 128 Å². The quantitative estimate of drug-likeness (QED) is 0.868. The van der Waals surface area contributed by atoms with E-state index in [0.717, 1.165) is 5.56 Å². The molecule has 116 valence electrons. The van der Waals surface area contributed by atoms with Crippen molar-refractivity contribution in [2.75, 3.05) is 26.5 Å². The van der Waals surface area contributed by atoms with Gasteiger partial charge in [-0.1, -0.05) is 0 Å². The van der Waals surface area contributed by atoms with E-state index in [2.05, 4.69) is 15.3 Å². The van der Waals surface area contributed by atoms with Crippen LogP contribution in [0.1, 0.15) is 17.3 Å². The zero-order valence-corrected chi connectivity index (χ0v) is 12.7. The number of nitrogens with two attached hydrogens (primary N) is 1. The number of anilines is 1. The van der Waals surface area contributed by atoms with Gasteiger partial charge < -0.3 is 20.5 Å². The Bertz CT molecular complexity index is 688.